The van der Waals surface area contributed by atoms with E-state index in [0.29, 0.717) is 55.1 Å². The highest BCUT2D eigenvalue weighted by atomic mass is 16.5. The van der Waals surface area contributed by atoms with Crippen LogP contribution in [-0.4, -0.2) is 67.3 Å². The van der Waals surface area contributed by atoms with Crippen LogP contribution in [0, 0.1) is 0 Å². The van der Waals surface area contributed by atoms with Gasteiger partial charge in [0.05, 0.1) is 19.8 Å². The van der Waals surface area contributed by atoms with Crippen molar-refractivity contribution >= 4 is 11.7 Å². The van der Waals surface area contributed by atoms with Crippen LogP contribution in [0.25, 0.3) is 0 Å². The molecule has 1 unspecified atom stereocenters. The summed E-state index contributed by atoms with van der Waals surface area (Å²) in [4.78, 5) is 25.5. The van der Waals surface area contributed by atoms with Gasteiger partial charge in [-0.3, -0.25) is 4.79 Å². The maximum absolute atomic E-state index is 13.1. The number of rotatable bonds is 8. The van der Waals surface area contributed by atoms with Gasteiger partial charge in [0, 0.05) is 38.6 Å². The van der Waals surface area contributed by atoms with Crippen LogP contribution in [0.2, 0.25) is 0 Å². The minimum Gasteiger partial charge on any atom is -0.490 e. The van der Waals surface area contributed by atoms with Gasteiger partial charge in [-0.1, -0.05) is 0 Å². The summed E-state index contributed by atoms with van der Waals surface area (Å²) < 4.78 is 17.4. The number of hydrogen-bond donors (Lipinski definition) is 0. The van der Waals surface area contributed by atoms with Gasteiger partial charge in [-0.05, 0) is 44.9 Å². The molecule has 2 heterocycles. The zero-order valence-electron chi connectivity index (χ0n) is 18.1. The smallest absolute Gasteiger partial charge is 0.257 e. The van der Waals surface area contributed by atoms with Crippen LogP contribution in [0.4, 0.5) is 5.82 Å². The van der Waals surface area contributed by atoms with Crippen molar-refractivity contribution in [2.24, 2.45) is 0 Å². The molecule has 0 bridgehead atoms. The standard InChI is InChI=1S/C22H30N4O4/c1-5-28-18-10-9-16(14-19(18)29-6-2)22(27)26-13-7-8-17(15-26)30-21-20(25(3)4)23-11-12-24-21/h9-12,14,17H,5-8,13,15H2,1-4H3. The molecule has 30 heavy (non-hydrogen) atoms. The van der Waals surface area contributed by atoms with Gasteiger partial charge in [0.1, 0.15) is 6.10 Å². The van der Waals surface area contributed by atoms with E-state index >= 15 is 0 Å². The van der Waals surface area contributed by atoms with Gasteiger partial charge < -0.3 is 24.0 Å². The van der Waals surface area contributed by atoms with E-state index in [-0.39, 0.29) is 12.0 Å². The summed E-state index contributed by atoms with van der Waals surface area (Å²) in [7, 11) is 3.80. The minimum atomic E-state index is -0.132. The minimum absolute atomic E-state index is 0.0423. The number of anilines is 1. The van der Waals surface area contributed by atoms with E-state index in [1.807, 2.05) is 37.7 Å². The van der Waals surface area contributed by atoms with Crippen LogP contribution in [0.1, 0.15) is 37.0 Å². The normalized spacial score (nSPS) is 16.1. The molecule has 1 aliphatic rings. The first kappa shape index (κ1) is 21.7. The Labute approximate surface area is 177 Å². The highest BCUT2D eigenvalue weighted by Gasteiger charge is 2.27. The fraction of sp³-hybridized carbons (Fsp3) is 0.500. The number of hydrogen-bond acceptors (Lipinski definition) is 7. The molecule has 1 atom stereocenters. The predicted molar refractivity (Wildman–Crippen MR) is 115 cm³/mol. The van der Waals surface area contributed by atoms with Gasteiger partial charge in [0.2, 0.25) is 0 Å². The van der Waals surface area contributed by atoms with E-state index in [2.05, 4.69) is 9.97 Å². The van der Waals surface area contributed by atoms with E-state index in [1.165, 1.54) is 0 Å². The van der Waals surface area contributed by atoms with Crippen molar-refractivity contribution in [3.63, 3.8) is 0 Å². The fourth-order valence-corrected chi connectivity index (χ4v) is 3.45. The molecule has 0 spiro atoms. The fourth-order valence-electron chi connectivity index (χ4n) is 3.45. The number of carbonyl (C=O) groups excluding carboxylic acids is 1. The van der Waals surface area contributed by atoms with Crippen molar-refractivity contribution in [1.82, 2.24) is 14.9 Å². The molecule has 1 amide bonds. The van der Waals surface area contributed by atoms with Gasteiger partial charge in [0.25, 0.3) is 11.8 Å². The van der Waals surface area contributed by atoms with Crippen molar-refractivity contribution in [3.8, 4) is 17.4 Å². The maximum atomic E-state index is 13.1. The van der Waals surface area contributed by atoms with Crippen LogP contribution in [-0.2, 0) is 0 Å². The zero-order valence-corrected chi connectivity index (χ0v) is 18.1. The third-order valence-corrected chi connectivity index (χ3v) is 4.80. The molecule has 1 aliphatic heterocycles. The number of carbonyl (C=O) groups is 1. The Bertz CT molecular complexity index is 859. The number of piperidine rings is 1. The molecule has 3 rings (SSSR count). The number of likely N-dealkylation sites (tertiary alicyclic amines) is 1. The highest BCUT2D eigenvalue weighted by molar-refractivity contribution is 5.95. The molecule has 1 aromatic heterocycles. The van der Waals surface area contributed by atoms with E-state index < -0.39 is 0 Å². The Morgan fingerprint density at radius 1 is 1.13 bits per heavy atom. The van der Waals surface area contributed by atoms with Crippen LogP contribution >= 0.6 is 0 Å². The average Bonchev–Trinajstić information content (AvgIpc) is 2.75. The predicted octanol–water partition coefficient (Wildman–Crippen LogP) is 3.02. The Morgan fingerprint density at radius 2 is 1.87 bits per heavy atom. The number of amides is 1. The molecule has 1 saturated heterocycles. The summed E-state index contributed by atoms with van der Waals surface area (Å²) in [5.41, 5.74) is 0.580. The lowest BCUT2D eigenvalue weighted by molar-refractivity contribution is 0.0528. The maximum Gasteiger partial charge on any atom is 0.257 e. The first-order chi connectivity index (χ1) is 14.5. The van der Waals surface area contributed by atoms with Crippen LogP contribution < -0.4 is 19.1 Å². The summed E-state index contributed by atoms with van der Waals surface area (Å²) >= 11 is 0. The van der Waals surface area contributed by atoms with Crippen molar-refractivity contribution in [2.75, 3.05) is 45.3 Å². The zero-order chi connectivity index (χ0) is 21.5. The second-order valence-corrected chi connectivity index (χ2v) is 7.24. The van der Waals surface area contributed by atoms with E-state index in [1.54, 1.807) is 30.6 Å². The topological polar surface area (TPSA) is 77.0 Å². The van der Waals surface area contributed by atoms with Gasteiger partial charge in [0.15, 0.2) is 17.3 Å². The number of aromatic nitrogens is 2. The molecule has 162 valence electrons. The largest absolute Gasteiger partial charge is 0.490 e. The molecule has 1 aromatic carbocycles. The first-order valence-electron chi connectivity index (χ1n) is 10.4. The Morgan fingerprint density at radius 3 is 2.60 bits per heavy atom. The quantitative estimate of drug-likeness (QED) is 0.657. The summed E-state index contributed by atoms with van der Waals surface area (Å²) in [6.45, 7) is 6.06. The van der Waals surface area contributed by atoms with Gasteiger partial charge in [-0.2, -0.15) is 0 Å². The summed E-state index contributed by atoms with van der Waals surface area (Å²) in [6, 6.07) is 5.34. The third kappa shape index (κ3) is 5.11. The monoisotopic (exact) mass is 414 g/mol. The first-order valence-corrected chi connectivity index (χ1v) is 10.4. The van der Waals surface area contributed by atoms with Crippen LogP contribution in [0.15, 0.2) is 30.6 Å². The lowest BCUT2D eigenvalue weighted by Crippen LogP contribution is -2.44. The molecule has 1 fully saturated rings. The Hall–Kier alpha value is -3.03. The molecule has 8 heteroatoms. The van der Waals surface area contributed by atoms with E-state index in [9.17, 15) is 4.79 Å². The molecule has 0 aliphatic carbocycles. The number of ether oxygens (including phenoxy) is 3. The molecule has 0 radical (unpaired) electrons. The Balaban J connectivity index is 1.72. The van der Waals surface area contributed by atoms with E-state index in [0.717, 1.165) is 12.8 Å². The molecule has 8 nitrogen and oxygen atoms in total. The molecule has 2 aromatic rings. The molecular formula is C22H30N4O4. The van der Waals surface area contributed by atoms with Crippen LogP contribution in [0.3, 0.4) is 0 Å². The summed E-state index contributed by atoms with van der Waals surface area (Å²) in [6.07, 6.45) is 4.85. The average molecular weight is 415 g/mol. The van der Waals surface area contributed by atoms with Gasteiger partial charge in [-0.15, -0.1) is 0 Å². The summed E-state index contributed by atoms with van der Waals surface area (Å²) in [5.74, 6) is 2.36. The Kier molecular flexibility index (Phi) is 7.32. The second-order valence-electron chi connectivity index (χ2n) is 7.24. The lowest BCUT2D eigenvalue weighted by Gasteiger charge is -2.33. The van der Waals surface area contributed by atoms with Crippen LogP contribution in [0.5, 0.6) is 17.4 Å². The third-order valence-electron chi connectivity index (χ3n) is 4.80. The van der Waals surface area contributed by atoms with E-state index in [4.69, 9.17) is 14.2 Å². The second kappa shape index (κ2) is 10.1. The van der Waals surface area contributed by atoms with Gasteiger partial charge in [-0.25, -0.2) is 9.97 Å². The number of nitrogens with zero attached hydrogens (tertiary/aromatic N) is 4. The highest BCUT2D eigenvalue weighted by Crippen LogP contribution is 2.30. The molecular weight excluding hydrogens is 384 g/mol. The lowest BCUT2D eigenvalue weighted by atomic mass is 10.1. The molecule has 0 N–H and O–H groups in total. The van der Waals surface area contributed by atoms with Crippen molar-refractivity contribution < 1.29 is 19.0 Å². The van der Waals surface area contributed by atoms with Crippen molar-refractivity contribution in [2.45, 2.75) is 32.8 Å². The van der Waals surface area contributed by atoms with Crippen molar-refractivity contribution in [1.29, 1.82) is 0 Å². The van der Waals surface area contributed by atoms with Crippen molar-refractivity contribution in [3.05, 3.63) is 36.2 Å². The SMILES string of the molecule is CCOc1ccc(C(=O)N2CCCC(Oc3nccnc3N(C)C)C2)cc1OCC. The van der Waals surface area contributed by atoms with Gasteiger partial charge >= 0.3 is 0 Å². The number of benzene rings is 1. The molecule has 0 saturated carbocycles. The summed E-state index contributed by atoms with van der Waals surface area (Å²) in [5, 5.41) is 0.